The maximum atomic E-state index is 12.0. The minimum atomic E-state index is -0.531. The van der Waals surface area contributed by atoms with Crippen molar-refractivity contribution in [3.63, 3.8) is 0 Å². The van der Waals surface area contributed by atoms with Gasteiger partial charge in [0.2, 0.25) is 0 Å². The summed E-state index contributed by atoms with van der Waals surface area (Å²) in [5.41, 5.74) is 0.897. The van der Waals surface area contributed by atoms with Crippen LogP contribution in [0.2, 0.25) is 0 Å². The maximum Gasteiger partial charge on any atom is 0.466 e. The molecule has 0 aliphatic carbocycles. The number of methoxy groups -OCH3 is 1. The Hall–Kier alpha value is -2.19. The Balaban J connectivity index is 1.88. The first-order valence-corrected chi connectivity index (χ1v) is 8.61. The molecule has 138 valence electrons. The van der Waals surface area contributed by atoms with Crippen molar-refractivity contribution in [1.29, 1.82) is 0 Å². The zero-order valence-electron chi connectivity index (χ0n) is 15.8. The molecule has 8 heteroatoms. The van der Waals surface area contributed by atoms with Crippen LogP contribution < -0.4 is 0 Å². The van der Waals surface area contributed by atoms with Gasteiger partial charge in [-0.05, 0) is 45.4 Å². The van der Waals surface area contributed by atoms with Crippen LogP contribution in [0.3, 0.4) is 0 Å². The molecule has 26 heavy (non-hydrogen) atoms. The van der Waals surface area contributed by atoms with Crippen molar-refractivity contribution in [2.45, 2.75) is 51.1 Å². The third-order valence-corrected chi connectivity index (χ3v) is 5.22. The lowest BCUT2D eigenvalue weighted by Crippen LogP contribution is -2.41. The number of aromatic nitrogens is 3. The highest BCUT2D eigenvalue weighted by Crippen LogP contribution is 2.41. The minimum absolute atomic E-state index is 0.177. The van der Waals surface area contributed by atoms with E-state index in [9.17, 15) is 4.79 Å². The van der Waals surface area contributed by atoms with Gasteiger partial charge in [-0.1, -0.05) is 12.1 Å². The van der Waals surface area contributed by atoms with Gasteiger partial charge in [0, 0.05) is 5.82 Å². The van der Waals surface area contributed by atoms with Gasteiger partial charge >= 0.3 is 13.1 Å². The van der Waals surface area contributed by atoms with Crippen molar-refractivity contribution in [2.24, 2.45) is 0 Å². The van der Waals surface area contributed by atoms with E-state index in [0.717, 1.165) is 11.3 Å². The van der Waals surface area contributed by atoms with Crippen molar-refractivity contribution in [2.75, 3.05) is 7.11 Å². The molecule has 0 radical (unpaired) electrons. The van der Waals surface area contributed by atoms with Gasteiger partial charge in [0.25, 0.3) is 0 Å². The van der Waals surface area contributed by atoms with Gasteiger partial charge in [0.15, 0.2) is 0 Å². The van der Waals surface area contributed by atoms with Crippen LogP contribution >= 0.6 is 0 Å². The van der Waals surface area contributed by atoms with E-state index in [1.54, 1.807) is 11.0 Å². The average molecular weight is 357 g/mol. The van der Waals surface area contributed by atoms with Gasteiger partial charge in [-0.3, -0.25) is 4.79 Å². The normalized spacial score (nSPS) is 19.3. The second-order valence-electron chi connectivity index (χ2n) is 7.44. The molecule has 0 saturated carbocycles. The van der Waals surface area contributed by atoms with Crippen molar-refractivity contribution >= 4 is 13.1 Å². The highest BCUT2D eigenvalue weighted by atomic mass is 16.7. The standard InChI is InChI=1S/C18H24BN3O4/c1-17(2)18(3,4)26-19(25-17)15(10-16(23)24-5)13-6-8-14(9-7-13)22-12-20-11-21-22/h6-9,11-12,15H,10H2,1-5H3. The Labute approximate surface area is 153 Å². The van der Waals surface area contributed by atoms with E-state index in [-0.39, 0.29) is 18.2 Å². The monoisotopic (exact) mass is 357 g/mol. The van der Waals surface area contributed by atoms with Crippen LogP contribution in [0.1, 0.15) is 45.5 Å². The van der Waals surface area contributed by atoms with Gasteiger partial charge in [0.1, 0.15) is 12.7 Å². The molecule has 1 unspecified atom stereocenters. The summed E-state index contributed by atoms with van der Waals surface area (Å²) in [6.07, 6.45) is 3.30. The number of hydrogen-bond donors (Lipinski definition) is 0. The van der Waals surface area contributed by atoms with E-state index in [0.29, 0.717) is 0 Å². The number of nitrogens with zero attached hydrogens (tertiary/aromatic N) is 3. The van der Waals surface area contributed by atoms with Gasteiger partial charge in [-0.25, -0.2) is 9.67 Å². The van der Waals surface area contributed by atoms with Crippen molar-refractivity contribution in [3.05, 3.63) is 42.5 Å². The van der Waals surface area contributed by atoms with Crippen LogP contribution in [0.5, 0.6) is 0 Å². The lowest BCUT2D eigenvalue weighted by atomic mass is 9.66. The van der Waals surface area contributed by atoms with Crippen LogP contribution in [0.15, 0.2) is 36.9 Å². The van der Waals surface area contributed by atoms with E-state index in [2.05, 4.69) is 10.1 Å². The number of carbonyl (C=O) groups excluding carboxylic acids is 1. The molecule has 1 aliphatic heterocycles. The fourth-order valence-electron chi connectivity index (χ4n) is 2.90. The summed E-state index contributed by atoms with van der Waals surface area (Å²) in [5, 5.41) is 4.12. The van der Waals surface area contributed by atoms with Gasteiger partial charge in [-0.2, -0.15) is 5.10 Å². The van der Waals surface area contributed by atoms with Crippen LogP contribution in [0.4, 0.5) is 0 Å². The predicted octanol–water partition coefficient (Wildman–Crippen LogP) is 2.55. The Morgan fingerprint density at radius 2 is 1.81 bits per heavy atom. The smallest absolute Gasteiger partial charge is 0.466 e. The van der Waals surface area contributed by atoms with Crippen molar-refractivity contribution in [3.8, 4) is 5.69 Å². The second kappa shape index (κ2) is 6.85. The van der Waals surface area contributed by atoms with Gasteiger partial charge in [0.05, 0.1) is 30.4 Å². The molecule has 1 aromatic heterocycles. The first-order valence-electron chi connectivity index (χ1n) is 8.61. The van der Waals surface area contributed by atoms with Crippen molar-refractivity contribution < 1.29 is 18.8 Å². The van der Waals surface area contributed by atoms with E-state index in [4.69, 9.17) is 14.0 Å². The van der Waals surface area contributed by atoms with Gasteiger partial charge < -0.3 is 14.0 Å². The molecule has 3 rings (SSSR count). The number of hydrogen-bond acceptors (Lipinski definition) is 6. The first-order chi connectivity index (χ1) is 12.2. The third-order valence-electron chi connectivity index (χ3n) is 5.22. The zero-order valence-corrected chi connectivity index (χ0v) is 15.8. The molecule has 2 aromatic rings. The molecule has 1 aliphatic rings. The quantitative estimate of drug-likeness (QED) is 0.605. The maximum absolute atomic E-state index is 12.0. The average Bonchev–Trinajstić information content (AvgIpc) is 3.19. The number of carbonyl (C=O) groups is 1. The number of rotatable bonds is 5. The van der Waals surface area contributed by atoms with Crippen LogP contribution in [-0.4, -0.2) is 46.2 Å². The van der Waals surface area contributed by atoms with Crippen LogP contribution in [0.25, 0.3) is 5.69 Å². The van der Waals surface area contributed by atoms with Crippen LogP contribution in [0, 0.1) is 0 Å². The van der Waals surface area contributed by atoms with E-state index in [1.807, 2.05) is 52.0 Å². The van der Waals surface area contributed by atoms with E-state index in [1.165, 1.54) is 13.4 Å². The van der Waals surface area contributed by atoms with Crippen molar-refractivity contribution in [1.82, 2.24) is 14.8 Å². The molecule has 1 saturated heterocycles. The summed E-state index contributed by atoms with van der Waals surface area (Å²) in [6, 6.07) is 7.77. The second-order valence-corrected chi connectivity index (χ2v) is 7.44. The molecular formula is C18H24BN3O4. The fraction of sp³-hybridized carbons (Fsp3) is 0.500. The number of esters is 1. The summed E-state index contributed by atoms with van der Waals surface area (Å²) in [6.45, 7) is 7.98. The first kappa shape index (κ1) is 18.6. The molecule has 0 spiro atoms. The molecule has 0 bridgehead atoms. The summed E-state index contributed by atoms with van der Waals surface area (Å²) in [5.74, 6) is -0.571. The fourth-order valence-corrected chi connectivity index (χ4v) is 2.90. The number of benzene rings is 1. The molecule has 1 atom stereocenters. The van der Waals surface area contributed by atoms with Gasteiger partial charge in [-0.15, -0.1) is 0 Å². The highest BCUT2D eigenvalue weighted by Gasteiger charge is 2.54. The largest absolute Gasteiger partial charge is 0.469 e. The lowest BCUT2D eigenvalue weighted by molar-refractivity contribution is -0.140. The SMILES string of the molecule is COC(=O)CC(B1OC(C)(C)C(C)(C)O1)c1ccc(-n2cncn2)cc1. The Morgan fingerprint density at radius 1 is 1.19 bits per heavy atom. The van der Waals surface area contributed by atoms with E-state index < -0.39 is 18.3 Å². The Kier molecular flexibility index (Phi) is 4.90. The molecule has 7 nitrogen and oxygen atoms in total. The van der Waals surface area contributed by atoms with Crippen LogP contribution in [-0.2, 0) is 18.8 Å². The predicted molar refractivity (Wildman–Crippen MR) is 96.8 cm³/mol. The lowest BCUT2D eigenvalue weighted by Gasteiger charge is -2.32. The Morgan fingerprint density at radius 3 is 2.31 bits per heavy atom. The zero-order chi connectivity index (χ0) is 18.9. The molecule has 0 amide bonds. The molecule has 1 fully saturated rings. The Bertz CT molecular complexity index is 743. The molecule has 0 N–H and O–H groups in total. The molecule has 2 heterocycles. The third kappa shape index (κ3) is 3.52. The minimum Gasteiger partial charge on any atom is -0.469 e. The summed E-state index contributed by atoms with van der Waals surface area (Å²) in [4.78, 5) is 15.9. The molecule has 1 aromatic carbocycles. The van der Waals surface area contributed by atoms with E-state index >= 15 is 0 Å². The summed E-state index contributed by atoms with van der Waals surface area (Å²) >= 11 is 0. The summed E-state index contributed by atoms with van der Waals surface area (Å²) < 4.78 is 18.9. The topological polar surface area (TPSA) is 75.5 Å². The summed E-state index contributed by atoms with van der Waals surface area (Å²) in [7, 11) is 0.855. The number of ether oxygens (including phenoxy) is 1. The molecular weight excluding hydrogens is 333 g/mol. The highest BCUT2D eigenvalue weighted by molar-refractivity contribution is 6.48.